The SMILES string of the molecule is COc1cc2csc(C(=O)C(=O)Nc3nccs3)c2nc1C(=O)N1CCC(Cc2ccccc2)C1. The van der Waals surface area contributed by atoms with E-state index in [1.165, 1.54) is 24.0 Å². The van der Waals surface area contributed by atoms with Crippen LogP contribution in [0.15, 0.2) is 53.4 Å². The van der Waals surface area contributed by atoms with Gasteiger partial charge in [-0.1, -0.05) is 30.3 Å². The number of Topliss-reactive ketones (excluding diaryl/α,β-unsaturated/α-hetero) is 1. The number of thiazole rings is 1. The minimum absolute atomic E-state index is 0.146. The molecule has 5 rings (SSSR count). The Hall–Kier alpha value is -3.63. The highest BCUT2D eigenvalue weighted by molar-refractivity contribution is 7.15. The minimum atomic E-state index is -0.794. The van der Waals surface area contributed by atoms with E-state index in [9.17, 15) is 14.4 Å². The maximum Gasteiger partial charge on any atom is 0.299 e. The first-order chi connectivity index (χ1) is 17.0. The fourth-order valence-electron chi connectivity index (χ4n) is 4.25. The number of likely N-dealkylation sites (tertiary alicyclic amines) is 1. The molecule has 2 amide bonds. The third-order valence-corrected chi connectivity index (χ3v) is 7.64. The molecule has 3 aromatic heterocycles. The lowest BCUT2D eigenvalue weighted by Gasteiger charge is -2.18. The van der Waals surface area contributed by atoms with Crippen molar-refractivity contribution < 1.29 is 19.1 Å². The molecule has 0 radical (unpaired) electrons. The van der Waals surface area contributed by atoms with Crippen LogP contribution in [0.3, 0.4) is 0 Å². The standard InChI is InChI=1S/C25H22N4O4S2/c1-33-18-12-17-14-35-22(21(30)23(31)28-25-26-8-10-34-25)19(17)27-20(18)24(32)29-9-7-16(13-29)11-15-5-3-2-4-6-15/h2-6,8,10,12,14,16H,7,9,11,13H2,1H3,(H,26,28,31). The molecular weight excluding hydrogens is 484 g/mol. The van der Waals surface area contributed by atoms with Gasteiger partial charge < -0.3 is 9.64 Å². The van der Waals surface area contributed by atoms with Gasteiger partial charge in [-0.3, -0.25) is 19.7 Å². The van der Waals surface area contributed by atoms with Crippen LogP contribution in [0.4, 0.5) is 5.13 Å². The Morgan fingerprint density at radius 3 is 2.77 bits per heavy atom. The fraction of sp³-hybridized carbons (Fsp3) is 0.240. The lowest BCUT2D eigenvalue weighted by atomic mass is 9.99. The smallest absolute Gasteiger partial charge is 0.299 e. The number of ketones is 1. The zero-order valence-corrected chi connectivity index (χ0v) is 20.5. The van der Waals surface area contributed by atoms with Gasteiger partial charge in [-0.15, -0.1) is 22.7 Å². The summed E-state index contributed by atoms with van der Waals surface area (Å²) >= 11 is 2.34. The summed E-state index contributed by atoms with van der Waals surface area (Å²) in [4.78, 5) is 49.2. The van der Waals surface area contributed by atoms with Gasteiger partial charge in [-0.25, -0.2) is 9.97 Å². The number of methoxy groups -OCH3 is 1. The summed E-state index contributed by atoms with van der Waals surface area (Å²) in [5, 5.41) is 6.91. The number of ether oxygens (including phenoxy) is 1. The van der Waals surface area contributed by atoms with E-state index in [0.717, 1.165) is 24.2 Å². The van der Waals surface area contributed by atoms with Gasteiger partial charge >= 0.3 is 0 Å². The monoisotopic (exact) mass is 506 g/mol. The second kappa shape index (κ2) is 9.93. The third-order valence-electron chi connectivity index (χ3n) is 5.96. The second-order valence-electron chi connectivity index (χ2n) is 8.26. The normalized spacial score (nSPS) is 15.3. The number of nitrogens with one attached hydrogen (secondary N) is 1. The van der Waals surface area contributed by atoms with Crippen LogP contribution in [-0.2, 0) is 11.2 Å². The molecule has 4 aromatic rings. The molecule has 0 spiro atoms. The van der Waals surface area contributed by atoms with Crippen molar-refractivity contribution in [2.75, 3.05) is 25.5 Å². The highest BCUT2D eigenvalue weighted by Crippen LogP contribution is 2.32. The summed E-state index contributed by atoms with van der Waals surface area (Å²) in [6, 6.07) is 11.9. The van der Waals surface area contributed by atoms with Crippen molar-refractivity contribution in [2.45, 2.75) is 12.8 Å². The zero-order chi connectivity index (χ0) is 24.4. The molecule has 1 aliphatic heterocycles. The van der Waals surface area contributed by atoms with E-state index in [1.54, 1.807) is 27.9 Å². The molecule has 35 heavy (non-hydrogen) atoms. The van der Waals surface area contributed by atoms with Crippen LogP contribution >= 0.6 is 22.7 Å². The molecule has 1 aliphatic rings. The first kappa shape index (κ1) is 23.1. The van der Waals surface area contributed by atoms with Crippen LogP contribution in [0.25, 0.3) is 10.9 Å². The van der Waals surface area contributed by atoms with Gasteiger partial charge in [-0.05, 0) is 30.4 Å². The highest BCUT2D eigenvalue weighted by atomic mass is 32.1. The number of hydrogen-bond acceptors (Lipinski definition) is 8. The van der Waals surface area contributed by atoms with E-state index < -0.39 is 11.7 Å². The summed E-state index contributed by atoms with van der Waals surface area (Å²) in [6.45, 7) is 1.26. The first-order valence-corrected chi connectivity index (χ1v) is 12.8. The molecule has 1 fully saturated rings. The molecule has 0 aliphatic carbocycles. The molecule has 8 nitrogen and oxygen atoms in total. The van der Waals surface area contributed by atoms with Crippen molar-refractivity contribution in [3.05, 3.63) is 69.5 Å². The Labute approximate surface area is 209 Å². The number of anilines is 1. The van der Waals surface area contributed by atoms with Crippen molar-refractivity contribution in [1.82, 2.24) is 14.9 Å². The molecule has 1 saturated heterocycles. The van der Waals surface area contributed by atoms with Crippen LogP contribution < -0.4 is 10.1 Å². The summed E-state index contributed by atoms with van der Waals surface area (Å²) in [5.41, 5.74) is 1.72. The van der Waals surface area contributed by atoms with Gasteiger partial charge in [0.25, 0.3) is 17.6 Å². The molecule has 1 atom stereocenters. The summed E-state index contributed by atoms with van der Waals surface area (Å²) in [7, 11) is 1.49. The quantitative estimate of drug-likeness (QED) is 0.296. The maximum absolute atomic E-state index is 13.4. The molecule has 1 aromatic carbocycles. The molecule has 0 bridgehead atoms. The van der Waals surface area contributed by atoms with Gasteiger partial charge in [-0.2, -0.15) is 0 Å². The van der Waals surface area contributed by atoms with Crippen molar-refractivity contribution in [2.24, 2.45) is 5.92 Å². The number of nitrogens with zero attached hydrogens (tertiary/aromatic N) is 3. The average molecular weight is 507 g/mol. The largest absolute Gasteiger partial charge is 0.494 e. The zero-order valence-electron chi connectivity index (χ0n) is 18.9. The number of hydrogen-bond donors (Lipinski definition) is 1. The number of carbonyl (C=O) groups excluding carboxylic acids is 3. The first-order valence-electron chi connectivity index (χ1n) is 11.1. The fourth-order valence-corrected chi connectivity index (χ4v) is 5.68. The molecular formula is C25H22N4O4S2. The summed E-state index contributed by atoms with van der Waals surface area (Å²) < 4.78 is 5.47. The predicted octanol–water partition coefficient (Wildman–Crippen LogP) is 4.29. The van der Waals surface area contributed by atoms with Gasteiger partial charge in [0.15, 0.2) is 16.6 Å². The summed E-state index contributed by atoms with van der Waals surface area (Å²) in [6.07, 6.45) is 3.36. The maximum atomic E-state index is 13.4. The van der Waals surface area contributed by atoms with E-state index in [1.807, 2.05) is 18.2 Å². The average Bonchev–Trinajstić information content (AvgIpc) is 3.64. The minimum Gasteiger partial charge on any atom is -0.494 e. The van der Waals surface area contributed by atoms with E-state index in [2.05, 4.69) is 27.4 Å². The number of thiophene rings is 1. The summed E-state index contributed by atoms with van der Waals surface area (Å²) in [5.74, 6) is -1.05. The van der Waals surface area contributed by atoms with Gasteiger partial charge in [0.05, 0.1) is 12.6 Å². The molecule has 1 N–H and O–H groups in total. The van der Waals surface area contributed by atoms with E-state index in [-0.39, 0.29) is 16.5 Å². The van der Waals surface area contributed by atoms with E-state index >= 15 is 0 Å². The Morgan fingerprint density at radius 1 is 1.20 bits per heavy atom. The number of rotatable bonds is 7. The van der Waals surface area contributed by atoms with Crippen LogP contribution in [0.1, 0.15) is 32.1 Å². The molecule has 4 heterocycles. The predicted molar refractivity (Wildman–Crippen MR) is 135 cm³/mol. The third kappa shape index (κ3) is 4.80. The van der Waals surface area contributed by atoms with Crippen LogP contribution in [-0.4, -0.2) is 52.7 Å². The van der Waals surface area contributed by atoms with Gasteiger partial charge in [0.2, 0.25) is 0 Å². The Morgan fingerprint density at radius 2 is 2.03 bits per heavy atom. The van der Waals surface area contributed by atoms with Gasteiger partial charge in [0.1, 0.15) is 4.88 Å². The van der Waals surface area contributed by atoms with Crippen molar-refractivity contribution in [1.29, 1.82) is 0 Å². The lowest BCUT2D eigenvalue weighted by molar-refractivity contribution is -0.112. The second-order valence-corrected chi connectivity index (χ2v) is 10.0. The number of benzene rings is 1. The Bertz CT molecular complexity index is 1390. The highest BCUT2D eigenvalue weighted by Gasteiger charge is 2.31. The molecule has 0 saturated carbocycles. The molecule has 178 valence electrons. The number of fused-ring (bicyclic) bond motifs is 1. The van der Waals surface area contributed by atoms with Gasteiger partial charge in [0, 0.05) is 35.4 Å². The Kier molecular flexibility index (Phi) is 6.56. The van der Waals surface area contributed by atoms with Crippen molar-refractivity contribution in [3.63, 3.8) is 0 Å². The number of pyridine rings is 1. The molecule has 1 unspecified atom stereocenters. The van der Waals surface area contributed by atoms with E-state index in [4.69, 9.17) is 4.74 Å². The van der Waals surface area contributed by atoms with Crippen molar-refractivity contribution in [3.8, 4) is 5.75 Å². The lowest BCUT2D eigenvalue weighted by Crippen LogP contribution is -2.30. The van der Waals surface area contributed by atoms with Crippen LogP contribution in [0.5, 0.6) is 5.75 Å². The molecule has 10 heteroatoms. The Balaban J connectivity index is 1.38. The van der Waals surface area contributed by atoms with Crippen molar-refractivity contribution >= 4 is 56.3 Å². The number of carbonyl (C=O) groups is 3. The number of aromatic nitrogens is 2. The van der Waals surface area contributed by atoms with Crippen LogP contribution in [0, 0.1) is 5.92 Å². The number of amides is 2. The van der Waals surface area contributed by atoms with Crippen LogP contribution in [0.2, 0.25) is 0 Å². The van der Waals surface area contributed by atoms with E-state index in [0.29, 0.717) is 40.8 Å². The topological polar surface area (TPSA) is 101 Å².